The fourth-order valence-corrected chi connectivity index (χ4v) is 2.65. The van der Waals surface area contributed by atoms with Gasteiger partial charge >= 0.3 is 0 Å². The van der Waals surface area contributed by atoms with E-state index in [2.05, 4.69) is 24.1 Å². The van der Waals surface area contributed by atoms with Gasteiger partial charge in [0.05, 0.1) is 0 Å². The highest BCUT2D eigenvalue weighted by Crippen LogP contribution is 2.17. The van der Waals surface area contributed by atoms with Gasteiger partial charge in [-0.15, -0.1) is 12.4 Å². The van der Waals surface area contributed by atoms with Crippen LogP contribution in [0.3, 0.4) is 0 Å². The lowest BCUT2D eigenvalue weighted by Gasteiger charge is -2.35. The van der Waals surface area contributed by atoms with Gasteiger partial charge in [-0.3, -0.25) is 4.90 Å². The first kappa shape index (κ1) is 16.6. The first-order valence-electron chi connectivity index (χ1n) is 6.50. The van der Waals surface area contributed by atoms with Gasteiger partial charge in [-0.25, -0.2) is 0 Å². The zero-order valence-corrected chi connectivity index (χ0v) is 13.0. The number of rotatable bonds is 4. The Morgan fingerprint density at radius 1 is 1.32 bits per heavy atom. The van der Waals surface area contributed by atoms with Crippen molar-refractivity contribution in [2.75, 3.05) is 26.2 Å². The van der Waals surface area contributed by atoms with Crippen molar-refractivity contribution in [3.8, 4) is 5.75 Å². The molecule has 1 aromatic rings. The third-order valence-corrected chi connectivity index (χ3v) is 3.34. The summed E-state index contributed by atoms with van der Waals surface area (Å²) in [5, 5.41) is 4.24. The predicted molar refractivity (Wildman–Crippen MR) is 82.7 cm³/mol. The van der Waals surface area contributed by atoms with E-state index in [9.17, 15) is 0 Å². The summed E-state index contributed by atoms with van der Waals surface area (Å²) in [6.07, 6.45) is 0. The molecule has 2 atom stereocenters. The SMILES string of the molecule is CC1CN(CCOc2cccc(Cl)c2)CC(C)N1.Cl. The molecule has 1 aliphatic heterocycles. The van der Waals surface area contributed by atoms with Crippen molar-refractivity contribution < 1.29 is 4.74 Å². The Balaban J connectivity index is 0.00000180. The minimum absolute atomic E-state index is 0. The molecular weight excluding hydrogens is 283 g/mol. The number of nitrogens with zero attached hydrogens (tertiary/aromatic N) is 1. The van der Waals surface area contributed by atoms with Gasteiger partial charge < -0.3 is 10.1 Å². The second-order valence-corrected chi connectivity index (χ2v) is 5.47. The summed E-state index contributed by atoms with van der Waals surface area (Å²) in [4.78, 5) is 2.44. The van der Waals surface area contributed by atoms with Crippen LogP contribution < -0.4 is 10.1 Å². The number of nitrogens with one attached hydrogen (secondary N) is 1. The van der Waals surface area contributed by atoms with Gasteiger partial charge in [0, 0.05) is 36.7 Å². The third kappa shape index (κ3) is 5.57. The molecule has 1 heterocycles. The average Bonchev–Trinajstić information content (AvgIpc) is 2.27. The monoisotopic (exact) mass is 304 g/mol. The second kappa shape index (κ2) is 7.95. The highest BCUT2D eigenvalue weighted by Gasteiger charge is 2.20. The fraction of sp³-hybridized carbons (Fsp3) is 0.571. The number of benzene rings is 1. The maximum atomic E-state index is 5.91. The zero-order valence-electron chi connectivity index (χ0n) is 11.4. The molecule has 0 saturated carbocycles. The summed E-state index contributed by atoms with van der Waals surface area (Å²) in [5.74, 6) is 0.846. The van der Waals surface area contributed by atoms with Crippen molar-refractivity contribution in [2.45, 2.75) is 25.9 Å². The van der Waals surface area contributed by atoms with Crippen molar-refractivity contribution in [3.05, 3.63) is 29.3 Å². The van der Waals surface area contributed by atoms with Crippen LogP contribution in [0.25, 0.3) is 0 Å². The summed E-state index contributed by atoms with van der Waals surface area (Å²) >= 11 is 5.91. The summed E-state index contributed by atoms with van der Waals surface area (Å²) in [7, 11) is 0. The van der Waals surface area contributed by atoms with Crippen LogP contribution in [-0.4, -0.2) is 43.2 Å². The molecule has 1 fully saturated rings. The van der Waals surface area contributed by atoms with E-state index in [1.807, 2.05) is 24.3 Å². The molecule has 2 rings (SSSR count). The molecule has 1 aliphatic rings. The van der Waals surface area contributed by atoms with E-state index in [1.165, 1.54) is 0 Å². The molecule has 1 aromatic carbocycles. The van der Waals surface area contributed by atoms with Crippen molar-refractivity contribution in [2.24, 2.45) is 0 Å². The summed E-state index contributed by atoms with van der Waals surface area (Å²) < 4.78 is 5.71. The van der Waals surface area contributed by atoms with E-state index in [1.54, 1.807) is 0 Å². The van der Waals surface area contributed by atoms with Crippen LogP contribution in [0.4, 0.5) is 0 Å². The summed E-state index contributed by atoms with van der Waals surface area (Å²) in [6.45, 7) is 8.29. The van der Waals surface area contributed by atoms with Gasteiger partial charge in [0.2, 0.25) is 0 Å². The van der Waals surface area contributed by atoms with E-state index in [0.717, 1.165) is 30.4 Å². The van der Waals surface area contributed by atoms with Crippen molar-refractivity contribution in [1.82, 2.24) is 10.2 Å². The molecule has 108 valence electrons. The highest BCUT2D eigenvalue weighted by atomic mass is 35.5. The first-order chi connectivity index (χ1) is 8.63. The topological polar surface area (TPSA) is 24.5 Å². The lowest BCUT2D eigenvalue weighted by molar-refractivity contribution is 0.146. The van der Waals surface area contributed by atoms with Crippen LogP contribution in [0.1, 0.15) is 13.8 Å². The molecule has 1 N–H and O–H groups in total. The molecule has 5 heteroatoms. The smallest absolute Gasteiger partial charge is 0.120 e. The lowest BCUT2D eigenvalue weighted by Crippen LogP contribution is -2.54. The van der Waals surface area contributed by atoms with Crippen LogP contribution in [0.2, 0.25) is 5.02 Å². The van der Waals surface area contributed by atoms with E-state index < -0.39 is 0 Å². The average molecular weight is 305 g/mol. The van der Waals surface area contributed by atoms with Crippen LogP contribution in [0, 0.1) is 0 Å². The normalized spacial score (nSPS) is 23.7. The minimum atomic E-state index is 0. The molecule has 0 spiro atoms. The van der Waals surface area contributed by atoms with Crippen LogP contribution in [0.5, 0.6) is 5.75 Å². The van der Waals surface area contributed by atoms with Crippen LogP contribution >= 0.6 is 24.0 Å². The van der Waals surface area contributed by atoms with Crippen LogP contribution in [0.15, 0.2) is 24.3 Å². The fourth-order valence-electron chi connectivity index (χ4n) is 2.47. The molecule has 0 aromatic heterocycles. The quantitative estimate of drug-likeness (QED) is 0.926. The summed E-state index contributed by atoms with van der Waals surface area (Å²) in [6, 6.07) is 8.67. The number of hydrogen-bond donors (Lipinski definition) is 1. The summed E-state index contributed by atoms with van der Waals surface area (Å²) in [5.41, 5.74) is 0. The number of halogens is 2. The van der Waals surface area contributed by atoms with E-state index in [-0.39, 0.29) is 12.4 Å². The van der Waals surface area contributed by atoms with Crippen molar-refractivity contribution in [3.63, 3.8) is 0 Å². The molecule has 3 nitrogen and oxygen atoms in total. The predicted octanol–water partition coefficient (Wildman–Crippen LogP) is 2.82. The van der Waals surface area contributed by atoms with Gasteiger partial charge in [0.15, 0.2) is 0 Å². The molecule has 19 heavy (non-hydrogen) atoms. The largest absolute Gasteiger partial charge is 0.492 e. The molecule has 1 saturated heterocycles. The first-order valence-corrected chi connectivity index (χ1v) is 6.88. The molecule has 0 bridgehead atoms. The molecule has 2 unspecified atom stereocenters. The number of piperazine rings is 1. The maximum Gasteiger partial charge on any atom is 0.120 e. The second-order valence-electron chi connectivity index (χ2n) is 5.03. The van der Waals surface area contributed by atoms with Crippen LogP contribution in [-0.2, 0) is 0 Å². The van der Waals surface area contributed by atoms with Gasteiger partial charge in [0.1, 0.15) is 12.4 Å². The molecule has 0 amide bonds. The van der Waals surface area contributed by atoms with Gasteiger partial charge in [-0.05, 0) is 32.0 Å². The third-order valence-electron chi connectivity index (χ3n) is 3.11. The standard InChI is InChI=1S/C14H21ClN2O.ClH/c1-11-9-17(10-12(2)16-11)6-7-18-14-5-3-4-13(15)8-14;/h3-5,8,11-12,16H,6-7,9-10H2,1-2H3;1H. The highest BCUT2D eigenvalue weighted by molar-refractivity contribution is 6.30. The Hall–Kier alpha value is -0.480. The van der Waals surface area contributed by atoms with Gasteiger partial charge in [-0.2, -0.15) is 0 Å². The number of ether oxygens (including phenoxy) is 1. The van der Waals surface area contributed by atoms with Crippen molar-refractivity contribution >= 4 is 24.0 Å². The Kier molecular flexibility index (Phi) is 6.94. The molecule has 0 radical (unpaired) electrons. The van der Waals surface area contributed by atoms with Gasteiger partial charge in [-0.1, -0.05) is 17.7 Å². The Bertz CT molecular complexity index is 379. The maximum absolute atomic E-state index is 5.91. The van der Waals surface area contributed by atoms with Gasteiger partial charge in [0.25, 0.3) is 0 Å². The minimum Gasteiger partial charge on any atom is -0.492 e. The lowest BCUT2D eigenvalue weighted by atomic mass is 10.1. The Labute approximate surface area is 126 Å². The van der Waals surface area contributed by atoms with E-state index in [4.69, 9.17) is 16.3 Å². The van der Waals surface area contributed by atoms with E-state index in [0.29, 0.717) is 18.7 Å². The zero-order chi connectivity index (χ0) is 13.0. The van der Waals surface area contributed by atoms with E-state index >= 15 is 0 Å². The van der Waals surface area contributed by atoms with Crippen molar-refractivity contribution in [1.29, 1.82) is 0 Å². The Morgan fingerprint density at radius 2 is 2.00 bits per heavy atom. The molecular formula is C14H22Cl2N2O. The molecule has 0 aliphatic carbocycles. The Morgan fingerprint density at radius 3 is 2.63 bits per heavy atom. The number of hydrogen-bond acceptors (Lipinski definition) is 3.